The lowest BCUT2D eigenvalue weighted by Crippen LogP contribution is -1.99. The zero-order valence-electron chi connectivity index (χ0n) is 11.3. The molecule has 0 aliphatic carbocycles. The van der Waals surface area contributed by atoms with Crippen molar-refractivity contribution in [2.45, 2.75) is 38.5 Å². The summed E-state index contributed by atoms with van der Waals surface area (Å²) in [5.41, 5.74) is 0. The second-order valence-electron chi connectivity index (χ2n) is 4.10. The Morgan fingerprint density at radius 3 is 2.58 bits per heavy atom. The molecule has 0 aliphatic heterocycles. The molecular formula is C13H19NO4S. The molecule has 0 spiro atoms. The van der Waals surface area contributed by atoms with E-state index in [2.05, 4.69) is 14.5 Å². The molecular weight excluding hydrogens is 266 g/mol. The molecule has 0 aromatic carbocycles. The largest absolute Gasteiger partial charge is 0.469 e. The van der Waals surface area contributed by atoms with Gasteiger partial charge < -0.3 is 9.47 Å². The average molecular weight is 285 g/mol. The molecule has 0 unspecified atom stereocenters. The molecule has 1 rings (SSSR count). The number of rotatable bonds is 8. The first-order valence-electron chi connectivity index (χ1n) is 6.27. The van der Waals surface area contributed by atoms with E-state index in [4.69, 9.17) is 0 Å². The van der Waals surface area contributed by atoms with Crippen LogP contribution in [0.3, 0.4) is 0 Å². The van der Waals surface area contributed by atoms with Crippen molar-refractivity contribution in [3.05, 3.63) is 16.1 Å². The van der Waals surface area contributed by atoms with Gasteiger partial charge in [0.1, 0.15) is 4.88 Å². The molecule has 5 nitrogen and oxygen atoms in total. The Bertz CT molecular complexity index is 417. The van der Waals surface area contributed by atoms with Gasteiger partial charge in [-0.25, -0.2) is 9.78 Å². The first-order valence-corrected chi connectivity index (χ1v) is 7.09. The number of esters is 2. The van der Waals surface area contributed by atoms with E-state index < -0.39 is 0 Å². The summed E-state index contributed by atoms with van der Waals surface area (Å²) in [6, 6.07) is 0. The van der Waals surface area contributed by atoms with E-state index >= 15 is 0 Å². The maximum Gasteiger partial charge on any atom is 0.349 e. The summed E-state index contributed by atoms with van der Waals surface area (Å²) < 4.78 is 9.20. The molecule has 1 heterocycles. The number of hydrogen-bond donors (Lipinski definition) is 0. The van der Waals surface area contributed by atoms with E-state index in [0.29, 0.717) is 11.3 Å². The van der Waals surface area contributed by atoms with Crippen LogP contribution in [0.15, 0.2) is 6.20 Å². The summed E-state index contributed by atoms with van der Waals surface area (Å²) in [5, 5.41) is 0.952. The summed E-state index contributed by atoms with van der Waals surface area (Å²) in [5.74, 6) is -0.482. The molecule has 106 valence electrons. The Labute approximate surface area is 116 Å². The second-order valence-corrected chi connectivity index (χ2v) is 5.22. The van der Waals surface area contributed by atoms with Gasteiger partial charge in [0.05, 0.1) is 25.4 Å². The second kappa shape index (κ2) is 8.63. The summed E-state index contributed by atoms with van der Waals surface area (Å²) in [7, 11) is 2.77. The first-order chi connectivity index (χ1) is 9.17. The molecule has 0 saturated carbocycles. The summed E-state index contributed by atoms with van der Waals surface area (Å²) in [4.78, 5) is 26.9. The van der Waals surface area contributed by atoms with Crippen molar-refractivity contribution in [2.24, 2.45) is 0 Å². The number of hydrogen-bond acceptors (Lipinski definition) is 6. The Morgan fingerprint density at radius 1 is 1.16 bits per heavy atom. The highest BCUT2D eigenvalue weighted by Gasteiger charge is 2.10. The SMILES string of the molecule is COC(=O)CCCCCCc1ncc(C(=O)OC)s1. The van der Waals surface area contributed by atoms with Crippen LogP contribution in [0.5, 0.6) is 0 Å². The molecule has 19 heavy (non-hydrogen) atoms. The van der Waals surface area contributed by atoms with Crippen LogP contribution >= 0.6 is 11.3 Å². The predicted molar refractivity (Wildman–Crippen MR) is 72.3 cm³/mol. The quantitative estimate of drug-likeness (QED) is 0.542. The van der Waals surface area contributed by atoms with Crippen molar-refractivity contribution >= 4 is 23.3 Å². The molecule has 1 aromatic rings. The van der Waals surface area contributed by atoms with Crippen LogP contribution in [0.25, 0.3) is 0 Å². The standard InChI is InChI=1S/C13H19NO4S/c1-17-12(15)8-6-4-3-5-7-11-14-9-10(19-11)13(16)18-2/h9H,3-8H2,1-2H3. The zero-order valence-corrected chi connectivity index (χ0v) is 12.1. The van der Waals surface area contributed by atoms with Crippen molar-refractivity contribution in [1.82, 2.24) is 4.98 Å². The Hall–Kier alpha value is -1.43. The van der Waals surface area contributed by atoms with E-state index in [-0.39, 0.29) is 11.9 Å². The van der Waals surface area contributed by atoms with Crippen LogP contribution in [0.4, 0.5) is 0 Å². The molecule has 1 aromatic heterocycles. The summed E-state index contributed by atoms with van der Waals surface area (Å²) >= 11 is 1.38. The molecule has 0 radical (unpaired) electrons. The van der Waals surface area contributed by atoms with E-state index in [9.17, 15) is 9.59 Å². The normalized spacial score (nSPS) is 10.2. The Kier molecular flexibility index (Phi) is 7.10. The number of aryl methyl sites for hydroxylation is 1. The topological polar surface area (TPSA) is 65.5 Å². The van der Waals surface area contributed by atoms with Crippen LogP contribution < -0.4 is 0 Å². The van der Waals surface area contributed by atoms with Gasteiger partial charge in [-0.2, -0.15) is 0 Å². The maximum absolute atomic E-state index is 11.2. The number of aromatic nitrogens is 1. The van der Waals surface area contributed by atoms with E-state index in [0.717, 1.165) is 37.1 Å². The van der Waals surface area contributed by atoms with Crippen molar-refractivity contribution in [2.75, 3.05) is 14.2 Å². The minimum atomic E-state index is -0.332. The highest BCUT2D eigenvalue weighted by atomic mass is 32.1. The minimum absolute atomic E-state index is 0.150. The van der Waals surface area contributed by atoms with Gasteiger partial charge >= 0.3 is 11.9 Å². The van der Waals surface area contributed by atoms with Crippen molar-refractivity contribution in [3.63, 3.8) is 0 Å². The first kappa shape index (κ1) is 15.6. The van der Waals surface area contributed by atoms with Crippen LogP contribution in [-0.2, 0) is 20.7 Å². The highest BCUT2D eigenvalue weighted by Crippen LogP contribution is 2.17. The molecule has 6 heteroatoms. The van der Waals surface area contributed by atoms with Crippen LogP contribution in [-0.4, -0.2) is 31.1 Å². The fourth-order valence-corrected chi connectivity index (χ4v) is 2.50. The molecule has 0 saturated heterocycles. The van der Waals surface area contributed by atoms with Crippen molar-refractivity contribution in [3.8, 4) is 0 Å². The van der Waals surface area contributed by atoms with Gasteiger partial charge in [-0.3, -0.25) is 4.79 Å². The molecule has 0 aliphatic rings. The average Bonchev–Trinajstić information content (AvgIpc) is 2.90. The highest BCUT2D eigenvalue weighted by molar-refractivity contribution is 7.13. The van der Waals surface area contributed by atoms with Gasteiger partial charge in [0.15, 0.2) is 0 Å². The lowest BCUT2D eigenvalue weighted by molar-refractivity contribution is -0.140. The fourth-order valence-electron chi connectivity index (χ4n) is 1.62. The Balaban J connectivity index is 2.14. The maximum atomic E-state index is 11.2. The van der Waals surface area contributed by atoms with E-state index in [1.54, 1.807) is 6.20 Å². The van der Waals surface area contributed by atoms with Gasteiger partial charge in [0.2, 0.25) is 0 Å². The van der Waals surface area contributed by atoms with Gasteiger partial charge in [0.25, 0.3) is 0 Å². The number of ether oxygens (including phenoxy) is 2. The van der Waals surface area contributed by atoms with Crippen molar-refractivity contribution < 1.29 is 19.1 Å². The van der Waals surface area contributed by atoms with Gasteiger partial charge in [-0.15, -0.1) is 11.3 Å². The number of unbranched alkanes of at least 4 members (excludes halogenated alkanes) is 3. The van der Waals surface area contributed by atoms with Crippen molar-refractivity contribution in [1.29, 1.82) is 0 Å². The number of thiazole rings is 1. The van der Waals surface area contributed by atoms with Gasteiger partial charge in [-0.05, 0) is 19.3 Å². The minimum Gasteiger partial charge on any atom is -0.469 e. The van der Waals surface area contributed by atoms with Crippen LogP contribution in [0.2, 0.25) is 0 Å². The van der Waals surface area contributed by atoms with E-state index in [1.807, 2.05) is 0 Å². The Morgan fingerprint density at radius 2 is 1.89 bits per heavy atom. The predicted octanol–water partition coefficient (Wildman–Crippen LogP) is 2.60. The molecule has 0 atom stereocenters. The third-order valence-electron chi connectivity index (χ3n) is 2.69. The lowest BCUT2D eigenvalue weighted by Gasteiger charge is -1.99. The summed E-state index contributed by atoms with van der Waals surface area (Å²) in [6.07, 6.45) is 6.82. The van der Waals surface area contributed by atoms with Gasteiger partial charge in [-0.1, -0.05) is 12.8 Å². The molecule has 0 N–H and O–H groups in total. The number of nitrogens with zero attached hydrogens (tertiary/aromatic N) is 1. The van der Waals surface area contributed by atoms with E-state index in [1.165, 1.54) is 25.6 Å². The summed E-state index contributed by atoms with van der Waals surface area (Å²) in [6.45, 7) is 0. The van der Waals surface area contributed by atoms with Crippen LogP contribution in [0.1, 0.15) is 46.8 Å². The molecule has 0 fully saturated rings. The third kappa shape index (κ3) is 5.83. The number of methoxy groups -OCH3 is 2. The zero-order chi connectivity index (χ0) is 14.1. The smallest absolute Gasteiger partial charge is 0.349 e. The third-order valence-corrected chi connectivity index (χ3v) is 3.73. The number of carbonyl (C=O) groups excluding carboxylic acids is 2. The monoisotopic (exact) mass is 285 g/mol. The fraction of sp³-hybridized carbons (Fsp3) is 0.615. The lowest BCUT2D eigenvalue weighted by atomic mass is 10.1. The molecule has 0 bridgehead atoms. The van der Waals surface area contributed by atoms with Gasteiger partial charge in [0, 0.05) is 6.42 Å². The van der Waals surface area contributed by atoms with Crippen LogP contribution in [0, 0.1) is 0 Å². The molecule has 0 amide bonds. The number of carbonyl (C=O) groups is 2.